The molecule has 2 amide bonds. The van der Waals surface area contributed by atoms with Gasteiger partial charge in [-0.3, -0.25) is 0 Å². The minimum Gasteiger partial charge on any atom is -0.331 e. The fraction of sp³-hybridized carbons (Fsp3) is 0.188. The van der Waals surface area contributed by atoms with E-state index in [1.807, 2.05) is 6.07 Å². The Hall–Kier alpha value is -2.57. The number of hydrogen-bond acceptors (Lipinski definition) is 1. The first-order valence-electron chi connectivity index (χ1n) is 6.76. The first-order chi connectivity index (χ1) is 10.8. The van der Waals surface area contributed by atoms with E-state index in [0.717, 1.165) is 5.56 Å². The minimum atomic E-state index is -4.61. The number of alkyl halides is 3. The van der Waals surface area contributed by atoms with E-state index in [1.54, 1.807) is 31.2 Å². The number of halogens is 4. The monoisotopic (exact) mass is 326 g/mol. The molecule has 0 saturated heterocycles. The van der Waals surface area contributed by atoms with Crippen LogP contribution in [0.3, 0.4) is 0 Å². The maximum atomic E-state index is 13.6. The Labute approximate surface area is 130 Å². The lowest BCUT2D eigenvalue weighted by Crippen LogP contribution is -2.31. The second-order valence-electron chi connectivity index (χ2n) is 4.92. The van der Waals surface area contributed by atoms with Crippen LogP contribution in [-0.2, 0) is 6.18 Å². The van der Waals surface area contributed by atoms with Gasteiger partial charge in [0, 0.05) is 0 Å². The molecule has 0 unspecified atom stereocenters. The molecule has 3 nitrogen and oxygen atoms in total. The Morgan fingerprint density at radius 1 is 1.09 bits per heavy atom. The number of benzene rings is 2. The highest BCUT2D eigenvalue weighted by Gasteiger charge is 2.31. The van der Waals surface area contributed by atoms with Crippen LogP contribution in [0.2, 0.25) is 0 Å². The number of carbonyl (C=O) groups excluding carboxylic acids is 1. The van der Waals surface area contributed by atoms with Crippen LogP contribution in [0.25, 0.3) is 0 Å². The Kier molecular flexibility index (Phi) is 4.88. The molecule has 0 aliphatic carbocycles. The largest absolute Gasteiger partial charge is 0.416 e. The zero-order valence-electron chi connectivity index (χ0n) is 12.1. The van der Waals surface area contributed by atoms with E-state index in [9.17, 15) is 22.4 Å². The Balaban J connectivity index is 2.08. The summed E-state index contributed by atoms with van der Waals surface area (Å²) in [5.41, 5.74) is -0.755. The Bertz CT molecular complexity index is 686. The third-order valence-electron chi connectivity index (χ3n) is 3.19. The highest BCUT2D eigenvalue weighted by Crippen LogP contribution is 2.31. The van der Waals surface area contributed by atoms with Crippen molar-refractivity contribution in [2.24, 2.45) is 0 Å². The number of hydrogen-bond donors (Lipinski definition) is 2. The number of urea groups is 1. The fourth-order valence-corrected chi connectivity index (χ4v) is 1.98. The maximum absolute atomic E-state index is 13.6. The summed E-state index contributed by atoms with van der Waals surface area (Å²) in [4.78, 5) is 11.8. The average molecular weight is 326 g/mol. The molecule has 7 heteroatoms. The van der Waals surface area contributed by atoms with Gasteiger partial charge in [-0.15, -0.1) is 0 Å². The molecule has 0 aromatic heterocycles. The number of rotatable bonds is 3. The summed E-state index contributed by atoms with van der Waals surface area (Å²) >= 11 is 0. The van der Waals surface area contributed by atoms with E-state index < -0.39 is 29.3 Å². The lowest BCUT2D eigenvalue weighted by molar-refractivity contribution is -0.137. The molecule has 0 saturated carbocycles. The summed E-state index contributed by atoms with van der Waals surface area (Å²) in [7, 11) is 0. The molecule has 23 heavy (non-hydrogen) atoms. The van der Waals surface area contributed by atoms with Gasteiger partial charge in [-0.2, -0.15) is 13.2 Å². The van der Waals surface area contributed by atoms with Gasteiger partial charge in [0.2, 0.25) is 0 Å². The van der Waals surface area contributed by atoms with Crippen molar-refractivity contribution in [3.8, 4) is 0 Å². The van der Waals surface area contributed by atoms with E-state index in [0.29, 0.717) is 18.2 Å². The molecule has 1 atom stereocenters. The van der Waals surface area contributed by atoms with Crippen molar-refractivity contribution in [3.63, 3.8) is 0 Å². The standard InChI is InChI=1S/C16H14F4N2O/c1-10(11-5-3-2-4-6-11)21-15(23)22-14-9-12(16(18,19)20)7-8-13(14)17/h2-10H,1H3,(H2,21,22,23)/t10-/m1/s1. The lowest BCUT2D eigenvalue weighted by Gasteiger charge is -2.16. The van der Waals surface area contributed by atoms with Gasteiger partial charge in [-0.05, 0) is 30.7 Å². The van der Waals surface area contributed by atoms with E-state index in [4.69, 9.17) is 0 Å². The van der Waals surface area contributed by atoms with Crippen molar-refractivity contribution in [3.05, 3.63) is 65.5 Å². The van der Waals surface area contributed by atoms with E-state index in [-0.39, 0.29) is 6.04 Å². The SMILES string of the molecule is C[C@@H](NC(=O)Nc1cc(C(F)(F)F)ccc1F)c1ccccc1. The van der Waals surface area contributed by atoms with Gasteiger partial charge < -0.3 is 10.6 Å². The first kappa shape index (κ1) is 16.8. The molecule has 2 N–H and O–H groups in total. The number of carbonyl (C=O) groups is 1. The van der Waals surface area contributed by atoms with E-state index in [2.05, 4.69) is 10.6 Å². The Morgan fingerprint density at radius 2 is 1.74 bits per heavy atom. The molecular formula is C16H14F4N2O. The Morgan fingerprint density at radius 3 is 2.35 bits per heavy atom. The van der Waals surface area contributed by atoms with Crippen molar-refractivity contribution >= 4 is 11.7 Å². The lowest BCUT2D eigenvalue weighted by atomic mass is 10.1. The second kappa shape index (κ2) is 6.68. The minimum absolute atomic E-state index is 0.384. The highest BCUT2D eigenvalue weighted by molar-refractivity contribution is 5.89. The fourth-order valence-electron chi connectivity index (χ4n) is 1.98. The van der Waals surface area contributed by atoms with Gasteiger partial charge in [0.05, 0.1) is 17.3 Å². The second-order valence-corrected chi connectivity index (χ2v) is 4.92. The van der Waals surface area contributed by atoms with Crippen LogP contribution in [0.4, 0.5) is 28.0 Å². The summed E-state index contributed by atoms with van der Waals surface area (Å²) in [5, 5.41) is 4.63. The topological polar surface area (TPSA) is 41.1 Å². The van der Waals surface area contributed by atoms with Crippen molar-refractivity contribution in [1.29, 1.82) is 0 Å². The van der Waals surface area contributed by atoms with Gasteiger partial charge in [0.1, 0.15) is 5.82 Å². The predicted octanol–water partition coefficient (Wildman–Crippen LogP) is 4.73. The molecule has 0 bridgehead atoms. The van der Waals surface area contributed by atoms with Crippen LogP contribution in [0.5, 0.6) is 0 Å². The molecule has 0 spiro atoms. The van der Waals surface area contributed by atoms with E-state index in [1.165, 1.54) is 0 Å². The summed E-state index contributed by atoms with van der Waals surface area (Å²) in [6.07, 6.45) is -4.61. The molecule has 2 rings (SSSR count). The molecule has 2 aromatic carbocycles. The zero-order chi connectivity index (χ0) is 17.0. The molecular weight excluding hydrogens is 312 g/mol. The van der Waals surface area contributed by atoms with Crippen molar-refractivity contribution < 1.29 is 22.4 Å². The molecule has 122 valence electrons. The third-order valence-corrected chi connectivity index (χ3v) is 3.19. The first-order valence-corrected chi connectivity index (χ1v) is 6.76. The quantitative estimate of drug-likeness (QED) is 0.787. The molecule has 0 radical (unpaired) electrons. The van der Waals surface area contributed by atoms with Gasteiger partial charge >= 0.3 is 12.2 Å². The summed E-state index contributed by atoms with van der Waals surface area (Å²) in [5.74, 6) is -0.944. The molecule has 0 aliphatic heterocycles. The predicted molar refractivity (Wildman–Crippen MR) is 78.4 cm³/mol. The molecule has 0 aliphatic rings. The van der Waals surface area contributed by atoms with Crippen LogP contribution in [0.15, 0.2) is 48.5 Å². The van der Waals surface area contributed by atoms with E-state index >= 15 is 0 Å². The summed E-state index contributed by atoms with van der Waals surface area (Å²) in [6.45, 7) is 1.71. The van der Waals surface area contributed by atoms with Crippen LogP contribution in [0, 0.1) is 5.82 Å². The van der Waals surface area contributed by atoms with Crippen LogP contribution in [-0.4, -0.2) is 6.03 Å². The third kappa shape index (κ3) is 4.45. The summed E-state index contributed by atoms with van der Waals surface area (Å²) in [6, 6.07) is 9.63. The van der Waals surface area contributed by atoms with Crippen molar-refractivity contribution in [2.45, 2.75) is 19.1 Å². The summed E-state index contributed by atoms with van der Waals surface area (Å²) < 4.78 is 51.4. The zero-order valence-corrected chi connectivity index (χ0v) is 12.1. The maximum Gasteiger partial charge on any atom is 0.416 e. The van der Waals surface area contributed by atoms with Gasteiger partial charge in [0.15, 0.2) is 0 Å². The highest BCUT2D eigenvalue weighted by atomic mass is 19.4. The average Bonchev–Trinajstić information content (AvgIpc) is 2.49. The van der Waals surface area contributed by atoms with Crippen molar-refractivity contribution in [1.82, 2.24) is 5.32 Å². The van der Waals surface area contributed by atoms with Crippen LogP contribution in [0.1, 0.15) is 24.1 Å². The number of nitrogens with one attached hydrogen (secondary N) is 2. The van der Waals surface area contributed by atoms with Crippen LogP contribution < -0.4 is 10.6 Å². The normalized spacial score (nSPS) is 12.6. The number of anilines is 1. The van der Waals surface area contributed by atoms with Gasteiger partial charge in [0.25, 0.3) is 0 Å². The van der Waals surface area contributed by atoms with Gasteiger partial charge in [-0.1, -0.05) is 30.3 Å². The molecule has 0 heterocycles. The van der Waals surface area contributed by atoms with Gasteiger partial charge in [-0.25, -0.2) is 9.18 Å². The molecule has 0 fully saturated rings. The van der Waals surface area contributed by atoms with Crippen molar-refractivity contribution in [2.75, 3.05) is 5.32 Å². The molecule has 2 aromatic rings. The smallest absolute Gasteiger partial charge is 0.331 e. The number of amides is 2. The van der Waals surface area contributed by atoms with Crippen LogP contribution >= 0.6 is 0 Å².